The van der Waals surface area contributed by atoms with E-state index in [0.717, 1.165) is 22.3 Å². The van der Waals surface area contributed by atoms with Gasteiger partial charge in [-0.15, -0.1) is 0 Å². The first-order valence-electron chi connectivity index (χ1n) is 12.9. The molecule has 9 heteroatoms. The molecule has 211 valence electrons. The van der Waals surface area contributed by atoms with Gasteiger partial charge in [-0.25, -0.2) is 19.9 Å². The SMILES string of the molecule is O=C([O-])c1nc(-c2ccccc2)cc(-c2ccccc2)n1.O=C([O-])c1nc(-c2ccccc2)cc(-c2ccccc2)n1.[Ir+2]. The van der Waals surface area contributed by atoms with Crippen LogP contribution in [0.3, 0.4) is 0 Å². The quantitative estimate of drug-likeness (QED) is 0.246. The van der Waals surface area contributed by atoms with Gasteiger partial charge in [-0.3, -0.25) is 0 Å². The Morgan fingerprint density at radius 1 is 0.395 bits per heavy atom. The van der Waals surface area contributed by atoms with Crippen molar-refractivity contribution in [1.29, 1.82) is 0 Å². The molecule has 6 rings (SSSR count). The molecule has 0 saturated heterocycles. The molecule has 0 N–H and O–H groups in total. The van der Waals surface area contributed by atoms with E-state index in [9.17, 15) is 19.8 Å². The van der Waals surface area contributed by atoms with Crippen molar-refractivity contribution in [2.24, 2.45) is 0 Å². The fraction of sp³-hybridized carbons (Fsp3) is 0. The molecule has 0 fully saturated rings. The first-order chi connectivity index (χ1) is 20.5. The molecule has 0 aliphatic carbocycles. The Hall–Kier alpha value is -5.37. The summed E-state index contributed by atoms with van der Waals surface area (Å²) in [7, 11) is 0. The summed E-state index contributed by atoms with van der Waals surface area (Å²) in [5.41, 5.74) is 5.57. The molecule has 2 aromatic heterocycles. The van der Waals surface area contributed by atoms with Crippen molar-refractivity contribution in [2.75, 3.05) is 0 Å². The zero-order valence-corrected chi connectivity index (χ0v) is 24.9. The largest absolute Gasteiger partial charge is 2.00 e. The van der Waals surface area contributed by atoms with Crippen LogP contribution in [-0.2, 0) is 20.1 Å². The first-order valence-corrected chi connectivity index (χ1v) is 12.9. The maximum Gasteiger partial charge on any atom is 2.00 e. The fourth-order valence-corrected chi connectivity index (χ4v) is 4.10. The van der Waals surface area contributed by atoms with Gasteiger partial charge in [0, 0.05) is 22.3 Å². The van der Waals surface area contributed by atoms with E-state index in [-0.39, 0.29) is 31.8 Å². The number of carbonyl (C=O) groups excluding carboxylic acids is 2. The van der Waals surface area contributed by atoms with Gasteiger partial charge in [-0.1, -0.05) is 121 Å². The molecule has 0 aliphatic rings. The summed E-state index contributed by atoms with van der Waals surface area (Å²) in [6, 6.07) is 41.1. The summed E-state index contributed by atoms with van der Waals surface area (Å²) in [6.07, 6.45) is 0. The minimum absolute atomic E-state index is 0. The van der Waals surface area contributed by atoms with Gasteiger partial charge < -0.3 is 19.8 Å². The second-order valence-corrected chi connectivity index (χ2v) is 8.96. The maximum atomic E-state index is 11.1. The topological polar surface area (TPSA) is 132 Å². The van der Waals surface area contributed by atoms with Gasteiger partial charge in [0.15, 0.2) is 11.6 Å². The van der Waals surface area contributed by atoms with Crippen molar-refractivity contribution in [3.8, 4) is 45.0 Å². The molecule has 43 heavy (non-hydrogen) atoms. The smallest absolute Gasteiger partial charge is 0.542 e. The van der Waals surface area contributed by atoms with Crippen LogP contribution < -0.4 is 10.2 Å². The molecule has 0 amide bonds. The van der Waals surface area contributed by atoms with Crippen molar-refractivity contribution in [3.63, 3.8) is 0 Å². The number of carbonyl (C=O) groups is 2. The van der Waals surface area contributed by atoms with E-state index in [4.69, 9.17) is 0 Å². The number of nitrogens with zero attached hydrogens (tertiary/aromatic N) is 4. The number of hydrogen-bond acceptors (Lipinski definition) is 8. The van der Waals surface area contributed by atoms with Gasteiger partial charge in [0.2, 0.25) is 0 Å². The van der Waals surface area contributed by atoms with E-state index in [0.29, 0.717) is 22.8 Å². The van der Waals surface area contributed by atoms with E-state index in [1.165, 1.54) is 0 Å². The van der Waals surface area contributed by atoms with Crippen molar-refractivity contribution < 1.29 is 39.9 Å². The zero-order valence-electron chi connectivity index (χ0n) is 22.5. The number of carboxylic acid groups (broad SMARTS) is 2. The van der Waals surface area contributed by atoms with Crippen molar-refractivity contribution >= 4 is 11.9 Å². The summed E-state index contributed by atoms with van der Waals surface area (Å²) in [5, 5.41) is 22.3. The number of aromatic carboxylic acids is 2. The summed E-state index contributed by atoms with van der Waals surface area (Å²) in [5.74, 6) is -3.39. The van der Waals surface area contributed by atoms with Gasteiger partial charge >= 0.3 is 20.1 Å². The van der Waals surface area contributed by atoms with Crippen LogP contribution in [-0.4, -0.2) is 31.9 Å². The molecule has 4 aromatic carbocycles. The van der Waals surface area contributed by atoms with E-state index in [2.05, 4.69) is 19.9 Å². The van der Waals surface area contributed by atoms with Crippen LogP contribution in [0, 0.1) is 0 Å². The molecule has 6 aromatic rings. The Bertz CT molecular complexity index is 1570. The molecule has 0 atom stereocenters. The molecule has 8 nitrogen and oxygen atoms in total. The molecule has 1 radical (unpaired) electrons. The molecule has 0 unspecified atom stereocenters. The summed E-state index contributed by atoms with van der Waals surface area (Å²) >= 11 is 0. The number of benzene rings is 4. The Balaban J connectivity index is 0.000000192. The monoisotopic (exact) mass is 743 g/mol. The molecular formula is C34H22IrN4O4. The molecule has 0 spiro atoms. The second kappa shape index (κ2) is 14.5. The number of carboxylic acids is 2. The molecule has 0 aliphatic heterocycles. The van der Waals surface area contributed by atoms with Crippen molar-refractivity contribution in [1.82, 2.24) is 19.9 Å². The van der Waals surface area contributed by atoms with E-state index in [1.54, 1.807) is 12.1 Å². The first kappa shape index (κ1) is 30.6. The minimum atomic E-state index is -1.38. The number of aromatic nitrogens is 4. The molecule has 0 saturated carbocycles. The average Bonchev–Trinajstić information content (AvgIpc) is 3.06. The summed E-state index contributed by atoms with van der Waals surface area (Å²) < 4.78 is 0. The van der Waals surface area contributed by atoms with Crippen LogP contribution in [0.25, 0.3) is 45.0 Å². The molecule has 2 heterocycles. The van der Waals surface area contributed by atoms with Crippen LogP contribution in [0.1, 0.15) is 21.2 Å². The molecular weight excluding hydrogens is 721 g/mol. The third-order valence-electron chi connectivity index (χ3n) is 6.10. The van der Waals surface area contributed by atoms with Crippen LogP contribution in [0.2, 0.25) is 0 Å². The van der Waals surface area contributed by atoms with Crippen LogP contribution >= 0.6 is 0 Å². The van der Waals surface area contributed by atoms with E-state index >= 15 is 0 Å². The van der Waals surface area contributed by atoms with Gasteiger partial charge in [-0.2, -0.15) is 0 Å². The second-order valence-electron chi connectivity index (χ2n) is 8.96. The van der Waals surface area contributed by atoms with Gasteiger partial charge in [0.25, 0.3) is 0 Å². The van der Waals surface area contributed by atoms with Crippen molar-refractivity contribution in [2.45, 2.75) is 0 Å². The number of rotatable bonds is 6. The Morgan fingerprint density at radius 2 is 0.605 bits per heavy atom. The van der Waals surface area contributed by atoms with Crippen LogP contribution in [0.4, 0.5) is 0 Å². The Labute approximate surface area is 261 Å². The summed E-state index contributed by atoms with van der Waals surface area (Å²) in [4.78, 5) is 38.5. The predicted molar refractivity (Wildman–Crippen MR) is 154 cm³/mol. The third kappa shape index (κ3) is 7.89. The van der Waals surface area contributed by atoms with E-state index in [1.807, 2.05) is 121 Å². The predicted octanol–water partition coefficient (Wildman–Crippen LogP) is 4.35. The summed E-state index contributed by atoms with van der Waals surface area (Å²) in [6.45, 7) is 0. The average molecular weight is 743 g/mol. The minimum Gasteiger partial charge on any atom is -0.542 e. The Kier molecular flexibility index (Phi) is 10.3. The third-order valence-corrected chi connectivity index (χ3v) is 6.10. The number of hydrogen-bond donors (Lipinski definition) is 0. The van der Waals surface area contributed by atoms with Crippen LogP contribution in [0.15, 0.2) is 133 Å². The zero-order chi connectivity index (χ0) is 29.3. The van der Waals surface area contributed by atoms with Gasteiger partial charge in [-0.05, 0) is 12.1 Å². The normalized spacial score (nSPS) is 10.0. The standard InChI is InChI=1S/2C17H12N2O2.Ir/c2*20-17(21)16-18-14(12-7-3-1-4-8-12)11-15(19-16)13-9-5-2-6-10-13;/h2*1-11H,(H,20,21);/q;;+2/p-2. The molecule has 0 bridgehead atoms. The van der Waals surface area contributed by atoms with Crippen LogP contribution in [0.5, 0.6) is 0 Å². The Morgan fingerprint density at radius 3 is 0.791 bits per heavy atom. The maximum absolute atomic E-state index is 11.1. The fourth-order valence-electron chi connectivity index (χ4n) is 4.10. The van der Waals surface area contributed by atoms with Crippen molar-refractivity contribution in [3.05, 3.63) is 145 Å². The van der Waals surface area contributed by atoms with E-state index < -0.39 is 11.9 Å². The van der Waals surface area contributed by atoms with Gasteiger partial charge in [0.1, 0.15) is 11.9 Å². The van der Waals surface area contributed by atoms with Gasteiger partial charge in [0.05, 0.1) is 22.8 Å².